The minimum Gasteiger partial charge on any atom is -0.497 e. The van der Waals surface area contributed by atoms with Crippen LogP contribution in [0.15, 0.2) is 42.2 Å². The summed E-state index contributed by atoms with van der Waals surface area (Å²) in [7, 11) is 1.46. The molecule has 1 saturated heterocycles. The molecule has 0 amide bonds. The van der Waals surface area contributed by atoms with Crippen LogP contribution in [0.25, 0.3) is 0 Å². The molecule has 0 saturated carbocycles. The SMILES string of the molecule is COC1=CC(=O)OC1C(OC(=O)[C@@H]1CCCN1)c1ccccc1. The zero-order valence-electron chi connectivity index (χ0n) is 12.9. The third-order valence-electron chi connectivity index (χ3n) is 4.01. The molecule has 3 rings (SSSR count). The van der Waals surface area contributed by atoms with Gasteiger partial charge in [-0.2, -0.15) is 0 Å². The lowest BCUT2D eigenvalue weighted by Crippen LogP contribution is -2.36. The molecule has 0 bridgehead atoms. The van der Waals surface area contributed by atoms with Gasteiger partial charge < -0.3 is 19.5 Å². The number of carbonyl (C=O) groups is 2. The number of ether oxygens (including phenoxy) is 3. The molecular formula is C17H19NO5. The first kappa shape index (κ1) is 15.6. The molecule has 2 heterocycles. The van der Waals surface area contributed by atoms with E-state index in [1.807, 2.05) is 30.3 Å². The largest absolute Gasteiger partial charge is 0.497 e. The molecule has 1 aromatic carbocycles. The Morgan fingerprint density at radius 1 is 1.35 bits per heavy atom. The monoisotopic (exact) mass is 317 g/mol. The fraction of sp³-hybridized carbons (Fsp3) is 0.412. The molecule has 0 aromatic heterocycles. The lowest BCUT2D eigenvalue weighted by Gasteiger charge is -2.26. The van der Waals surface area contributed by atoms with E-state index in [0.717, 1.165) is 24.9 Å². The van der Waals surface area contributed by atoms with E-state index in [1.54, 1.807) is 0 Å². The Bertz CT molecular complexity index is 607. The normalized spacial score (nSPS) is 24.7. The fourth-order valence-corrected chi connectivity index (χ4v) is 2.84. The maximum absolute atomic E-state index is 12.4. The number of carbonyl (C=O) groups excluding carboxylic acids is 2. The number of hydrogen-bond donors (Lipinski definition) is 1. The Balaban J connectivity index is 1.84. The summed E-state index contributed by atoms with van der Waals surface area (Å²) in [5.74, 6) is -0.478. The minimum atomic E-state index is -0.764. The summed E-state index contributed by atoms with van der Waals surface area (Å²) >= 11 is 0. The third kappa shape index (κ3) is 3.37. The molecule has 0 radical (unpaired) electrons. The van der Waals surface area contributed by atoms with Crippen LogP contribution >= 0.6 is 0 Å². The summed E-state index contributed by atoms with van der Waals surface area (Å²) in [5.41, 5.74) is 0.751. The molecule has 122 valence electrons. The van der Waals surface area contributed by atoms with Crippen molar-refractivity contribution in [2.45, 2.75) is 31.1 Å². The van der Waals surface area contributed by atoms with Crippen molar-refractivity contribution in [1.29, 1.82) is 0 Å². The van der Waals surface area contributed by atoms with E-state index in [9.17, 15) is 9.59 Å². The molecule has 2 aliphatic rings. The average Bonchev–Trinajstić information content (AvgIpc) is 3.22. The van der Waals surface area contributed by atoms with Gasteiger partial charge >= 0.3 is 11.9 Å². The molecule has 1 N–H and O–H groups in total. The van der Waals surface area contributed by atoms with E-state index in [0.29, 0.717) is 5.76 Å². The van der Waals surface area contributed by atoms with Crippen molar-refractivity contribution in [3.05, 3.63) is 47.7 Å². The van der Waals surface area contributed by atoms with Crippen LogP contribution in [0.4, 0.5) is 0 Å². The molecule has 2 unspecified atom stereocenters. The predicted molar refractivity (Wildman–Crippen MR) is 81.3 cm³/mol. The molecule has 1 fully saturated rings. The lowest BCUT2D eigenvalue weighted by atomic mass is 10.0. The topological polar surface area (TPSA) is 73.9 Å². The van der Waals surface area contributed by atoms with Crippen molar-refractivity contribution >= 4 is 11.9 Å². The molecule has 2 aliphatic heterocycles. The molecule has 0 spiro atoms. The van der Waals surface area contributed by atoms with Gasteiger partial charge in [0.1, 0.15) is 11.8 Å². The highest BCUT2D eigenvalue weighted by molar-refractivity contribution is 5.85. The first-order valence-electron chi connectivity index (χ1n) is 7.64. The van der Waals surface area contributed by atoms with Crippen molar-refractivity contribution < 1.29 is 23.8 Å². The predicted octanol–water partition coefficient (Wildman–Crippen LogP) is 1.48. The van der Waals surface area contributed by atoms with Gasteiger partial charge in [-0.15, -0.1) is 0 Å². The highest BCUT2D eigenvalue weighted by atomic mass is 16.6. The summed E-state index contributed by atoms with van der Waals surface area (Å²) in [5, 5.41) is 3.11. The van der Waals surface area contributed by atoms with Crippen LogP contribution < -0.4 is 5.32 Å². The number of nitrogens with one attached hydrogen (secondary N) is 1. The van der Waals surface area contributed by atoms with Gasteiger partial charge in [-0.3, -0.25) is 4.79 Å². The molecule has 1 aromatic rings. The quantitative estimate of drug-likeness (QED) is 0.829. The van der Waals surface area contributed by atoms with Gasteiger partial charge in [0, 0.05) is 0 Å². The Kier molecular flexibility index (Phi) is 4.62. The number of esters is 2. The Morgan fingerprint density at radius 3 is 2.78 bits per heavy atom. The van der Waals surface area contributed by atoms with Gasteiger partial charge in [-0.1, -0.05) is 30.3 Å². The number of cyclic esters (lactones) is 1. The third-order valence-corrected chi connectivity index (χ3v) is 4.01. The summed E-state index contributed by atoms with van der Waals surface area (Å²) in [4.78, 5) is 23.9. The zero-order valence-corrected chi connectivity index (χ0v) is 12.9. The van der Waals surface area contributed by atoms with Gasteiger partial charge in [0.2, 0.25) is 0 Å². The molecule has 23 heavy (non-hydrogen) atoms. The maximum Gasteiger partial charge on any atom is 0.335 e. The van der Waals surface area contributed by atoms with Crippen LogP contribution in [0.5, 0.6) is 0 Å². The van der Waals surface area contributed by atoms with Crippen LogP contribution in [0.2, 0.25) is 0 Å². The standard InChI is InChI=1S/C17H19NO5/c1-21-13-10-14(19)22-16(13)15(11-6-3-2-4-7-11)23-17(20)12-8-5-9-18-12/h2-4,6-7,10,12,15-16,18H,5,8-9H2,1H3/t12-,15?,16?/m0/s1. The Morgan fingerprint density at radius 2 is 2.13 bits per heavy atom. The van der Waals surface area contributed by atoms with Gasteiger partial charge in [0.25, 0.3) is 0 Å². The molecule has 0 aliphatic carbocycles. The Hall–Kier alpha value is -2.34. The minimum absolute atomic E-state index is 0.312. The first-order valence-corrected chi connectivity index (χ1v) is 7.64. The van der Waals surface area contributed by atoms with E-state index in [1.165, 1.54) is 13.2 Å². The number of hydrogen-bond acceptors (Lipinski definition) is 6. The molecule has 6 heteroatoms. The van der Waals surface area contributed by atoms with Crippen molar-refractivity contribution in [1.82, 2.24) is 5.32 Å². The van der Waals surface area contributed by atoms with Crippen LogP contribution in [0.3, 0.4) is 0 Å². The number of methoxy groups -OCH3 is 1. The summed E-state index contributed by atoms with van der Waals surface area (Å²) in [6, 6.07) is 8.91. The van der Waals surface area contributed by atoms with E-state index in [-0.39, 0.29) is 12.0 Å². The highest BCUT2D eigenvalue weighted by Gasteiger charge is 2.39. The summed E-state index contributed by atoms with van der Waals surface area (Å²) < 4.78 is 16.2. The Labute approximate surface area is 134 Å². The van der Waals surface area contributed by atoms with Crippen LogP contribution in [0.1, 0.15) is 24.5 Å². The number of benzene rings is 1. The van der Waals surface area contributed by atoms with E-state index >= 15 is 0 Å². The second kappa shape index (κ2) is 6.83. The second-order valence-electron chi connectivity index (χ2n) is 5.53. The van der Waals surface area contributed by atoms with E-state index in [2.05, 4.69) is 5.32 Å². The average molecular weight is 317 g/mol. The van der Waals surface area contributed by atoms with Crippen molar-refractivity contribution in [2.24, 2.45) is 0 Å². The zero-order chi connectivity index (χ0) is 16.2. The van der Waals surface area contributed by atoms with Crippen LogP contribution in [0, 0.1) is 0 Å². The van der Waals surface area contributed by atoms with E-state index < -0.39 is 18.2 Å². The first-order chi connectivity index (χ1) is 11.2. The molecular weight excluding hydrogens is 298 g/mol. The maximum atomic E-state index is 12.4. The van der Waals surface area contributed by atoms with Crippen LogP contribution in [-0.2, 0) is 23.8 Å². The van der Waals surface area contributed by atoms with Crippen molar-refractivity contribution in [3.8, 4) is 0 Å². The van der Waals surface area contributed by atoms with Gasteiger partial charge in [-0.05, 0) is 24.9 Å². The van der Waals surface area contributed by atoms with E-state index in [4.69, 9.17) is 14.2 Å². The van der Waals surface area contributed by atoms with Gasteiger partial charge in [0.15, 0.2) is 12.2 Å². The molecule has 3 atom stereocenters. The van der Waals surface area contributed by atoms with Gasteiger partial charge in [-0.25, -0.2) is 4.79 Å². The fourth-order valence-electron chi connectivity index (χ4n) is 2.84. The van der Waals surface area contributed by atoms with Gasteiger partial charge in [0.05, 0.1) is 13.2 Å². The smallest absolute Gasteiger partial charge is 0.335 e. The lowest BCUT2D eigenvalue weighted by molar-refractivity contribution is -0.164. The van der Waals surface area contributed by atoms with Crippen LogP contribution in [-0.4, -0.2) is 37.7 Å². The number of rotatable bonds is 5. The van der Waals surface area contributed by atoms with Crippen molar-refractivity contribution in [3.63, 3.8) is 0 Å². The summed E-state index contributed by atoms with van der Waals surface area (Å²) in [6.45, 7) is 0.803. The second-order valence-corrected chi connectivity index (χ2v) is 5.53. The molecule has 6 nitrogen and oxygen atoms in total. The summed E-state index contributed by atoms with van der Waals surface area (Å²) in [6.07, 6.45) is 1.47. The van der Waals surface area contributed by atoms with Crippen molar-refractivity contribution in [2.75, 3.05) is 13.7 Å². The highest BCUT2D eigenvalue weighted by Crippen LogP contribution is 2.32.